The van der Waals surface area contributed by atoms with Gasteiger partial charge in [-0.25, -0.2) is 4.79 Å². The van der Waals surface area contributed by atoms with Gasteiger partial charge < -0.3 is 14.8 Å². The van der Waals surface area contributed by atoms with Crippen LogP contribution in [0.2, 0.25) is 0 Å². The molecule has 104 valence electrons. The van der Waals surface area contributed by atoms with Crippen LogP contribution in [0, 0.1) is 6.92 Å². The number of methoxy groups -OCH3 is 1. The maximum Gasteiger partial charge on any atom is 0.338 e. The molecule has 0 fully saturated rings. The van der Waals surface area contributed by atoms with Crippen LogP contribution in [0.4, 0.5) is 0 Å². The van der Waals surface area contributed by atoms with Gasteiger partial charge in [-0.1, -0.05) is 6.07 Å². The number of aryl methyl sites for hydroxylation is 1. The number of amides is 1. The average molecular weight is 265 g/mol. The average Bonchev–Trinajstić information content (AvgIpc) is 2.35. The maximum atomic E-state index is 11.8. The van der Waals surface area contributed by atoms with Crippen LogP contribution in [0.1, 0.15) is 29.8 Å². The third kappa shape index (κ3) is 4.62. The maximum absolute atomic E-state index is 11.8. The lowest BCUT2D eigenvalue weighted by atomic mass is 10.1. The highest BCUT2D eigenvalue weighted by Crippen LogP contribution is 2.19. The fourth-order valence-corrected chi connectivity index (χ4v) is 1.53. The Morgan fingerprint density at radius 3 is 2.58 bits per heavy atom. The molecule has 0 saturated heterocycles. The van der Waals surface area contributed by atoms with Crippen molar-refractivity contribution in [3.8, 4) is 5.75 Å². The zero-order valence-electron chi connectivity index (χ0n) is 11.6. The van der Waals surface area contributed by atoms with E-state index in [-0.39, 0.29) is 18.6 Å². The molecular formula is C14H19NO4. The highest BCUT2D eigenvalue weighted by Gasteiger charge is 2.12. The molecule has 0 radical (unpaired) electrons. The fourth-order valence-electron chi connectivity index (χ4n) is 1.53. The molecule has 1 N–H and O–H groups in total. The standard InChI is InChI=1S/C14H19NO4/c1-9(2)15-13(16)8-19-14(17)11-6-5-10(3)12(7-11)18-4/h5-7,9H,8H2,1-4H3,(H,15,16). The predicted octanol–water partition coefficient (Wildman–Crippen LogP) is 1.69. The minimum atomic E-state index is -0.544. The van der Waals surface area contributed by atoms with Crippen LogP contribution in [0.3, 0.4) is 0 Å². The summed E-state index contributed by atoms with van der Waals surface area (Å²) < 4.78 is 10.1. The Morgan fingerprint density at radius 2 is 2.00 bits per heavy atom. The highest BCUT2D eigenvalue weighted by molar-refractivity contribution is 5.91. The molecule has 0 heterocycles. The van der Waals surface area contributed by atoms with Crippen molar-refractivity contribution in [1.29, 1.82) is 0 Å². The van der Waals surface area contributed by atoms with Crippen molar-refractivity contribution in [3.63, 3.8) is 0 Å². The van der Waals surface area contributed by atoms with Crippen molar-refractivity contribution in [2.24, 2.45) is 0 Å². The molecule has 0 aliphatic carbocycles. The first-order chi connectivity index (χ1) is 8.93. The van der Waals surface area contributed by atoms with Crippen molar-refractivity contribution < 1.29 is 19.1 Å². The molecule has 0 aliphatic heterocycles. The van der Waals surface area contributed by atoms with Gasteiger partial charge in [-0.3, -0.25) is 4.79 Å². The van der Waals surface area contributed by atoms with E-state index < -0.39 is 5.97 Å². The molecule has 5 heteroatoms. The van der Waals surface area contributed by atoms with Crippen LogP contribution >= 0.6 is 0 Å². The summed E-state index contributed by atoms with van der Waals surface area (Å²) in [5.74, 6) is -0.249. The number of esters is 1. The molecule has 1 aromatic carbocycles. The first-order valence-electron chi connectivity index (χ1n) is 6.05. The van der Waals surface area contributed by atoms with E-state index in [1.54, 1.807) is 18.2 Å². The summed E-state index contributed by atoms with van der Waals surface area (Å²) in [6.07, 6.45) is 0. The van der Waals surface area contributed by atoms with Gasteiger partial charge in [0, 0.05) is 6.04 Å². The first kappa shape index (κ1) is 15.0. The lowest BCUT2D eigenvalue weighted by Gasteiger charge is -2.10. The van der Waals surface area contributed by atoms with Crippen LogP contribution < -0.4 is 10.1 Å². The van der Waals surface area contributed by atoms with Gasteiger partial charge in [0.2, 0.25) is 0 Å². The van der Waals surface area contributed by atoms with E-state index in [4.69, 9.17) is 9.47 Å². The number of hydrogen-bond donors (Lipinski definition) is 1. The molecule has 1 amide bonds. The summed E-state index contributed by atoms with van der Waals surface area (Å²) in [5.41, 5.74) is 1.29. The number of nitrogens with one attached hydrogen (secondary N) is 1. The Morgan fingerprint density at radius 1 is 1.32 bits per heavy atom. The van der Waals surface area contributed by atoms with E-state index >= 15 is 0 Å². The number of benzene rings is 1. The van der Waals surface area contributed by atoms with Crippen molar-refractivity contribution in [2.45, 2.75) is 26.8 Å². The monoisotopic (exact) mass is 265 g/mol. The van der Waals surface area contributed by atoms with Gasteiger partial charge in [0.15, 0.2) is 6.61 Å². The lowest BCUT2D eigenvalue weighted by Crippen LogP contribution is -2.33. The molecule has 0 saturated carbocycles. The largest absolute Gasteiger partial charge is 0.496 e. The Kier molecular flexibility index (Phi) is 5.36. The Balaban J connectivity index is 2.61. The minimum absolute atomic E-state index is 0.0191. The Hall–Kier alpha value is -2.04. The third-order valence-corrected chi connectivity index (χ3v) is 2.43. The second-order valence-corrected chi connectivity index (χ2v) is 4.48. The van der Waals surface area contributed by atoms with Crippen LogP contribution in [-0.2, 0) is 9.53 Å². The highest BCUT2D eigenvalue weighted by atomic mass is 16.5. The summed E-state index contributed by atoms with van der Waals surface area (Å²) in [7, 11) is 1.54. The van der Waals surface area contributed by atoms with E-state index in [0.29, 0.717) is 11.3 Å². The van der Waals surface area contributed by atoms with Crippen LogP contribution in [0.25, 0.3) is 0 Å². The van der Waals surface area contributed by atoms with E-state index in [1.807, 2.05) is 20.8 Å². The SMILES string of the molecule is COc1cc(C(=O)OCC(=O)NC(C)C)ccc1C. The van der Waals surface area contributed by atoms with E-state index in [9.17, 15) is 9.59 Å². The zero-order valence-corrected chi connectivity index (χ0v) is 11.6. The van der Waals surface area contributed by atoms with Crippen LogP contribution in [-0.4, -0.2) is 31.6 Å². The van der Waals surface area contributed by atoms with Gasteiger partial charge in [0.25, 0.3) is 5.91 Å². The van der Waals surface area contributed by atoms with Gasteiger partial charge in [0.05, 0.1) is 12.7 Å². The van der Waals surface area contributed by atoms with E-state index in [1.165, 1.54) is 7.11 Å². The van der Waals surface area contributed by atoms with Crippen molar-refractivity contribution in [2.75, 3.05) is 13.7 Å². The number of rotatable bonds is 5. The molecule has 0 aliphatic rings. The van der Waals surface area contributed by atoms with E-state index in [2.05, 4.69) is 5.32 Å². The Bertz CT molecular complexity index is 469. The van der Waals surface area contributed by atoms with Gasteiger partial charge in [-0.15, -0.1) is 0 Å². The molecule has 1 aromatic rings. The number of carbonyl (C=O) groups excluding carboxylic acids is 2. The van der Waals surface area contributed by atoms with Crippen LogP contribution in [0.15, 0.2) is 18.2 Å². The lowest BCUT2D eigenvalue weighted by molar-refractivity contribution is -0.124. The van der Waals surface area contributed by atoms with Gasteiger partial charge >= 0.3 is 5.97 Å². The smallest absolute Gasteiger partial charge is 0.338 e. The second-order valence-electron chi connectivity index (χ2n) is 4.48. The minimum Gasteiger partial charge on any atom is -0.496 e. The molecule has 19 heavy (non-hydrogen) atoms. The summed E-state index contributed by atoms with van der Waals surface area (Å²) in [5, 5.41) is 2.64. The normalized spacial score (nSPS) is 10.2. The fraction of sp³-hybridized carbons (Fsp3) is 0.429. The summed E-state index contributed by atoms with van der Waals surface area (Å²) in [4.78, 5) is 23.1. The van der Waals surface area contributed by atoms with Crippen molar-refractivity contribution in [1.82, 2.24) is 5.32 Å². The first-order valence-corrected chi connectivity index (χ1v) is 6.05. The number of hydrogen-bond acceptors (Lipinski definition) is 4. The predicted molar refractivity (Wildman–Crippen MR) is 71.3 cm³/mol. The third-order valence-electron chi connectivity index (χ3n) is 2.43. The molecule has 0 unspecified atom stereocenters. The second kappa shape index (κ2) is 6.78. The summed E-state index contributed by atoms with van der Waals surface area (Å²) >= 11 is 0. The van der Waals surface area contributed by atoms with Crippen molar-refractivity contribution >= 4 is 11.9 Å². The molecule has 5 nitrogen and oxygen atoms in total. The molecular weight excluding hydrogens is 246 g/mol. The van der Waals surface area contributed by atoms with E-state index in [0.717, 1.165) is 5.56 Å². The molecule has 0 aromatic heterocycles. The number of ether oxygens (including phenoxy) is 2. The van der Waals surface area contributed by atoms with Crippen LogP contribution in [0.5, 0.6) is 5.75 Å². The van der Waals surface area contributed by atoms with Gasteiger partial charge in [-0.05, 0) is 38.5 Å². The molecule has 1 rings (SSSR count). The molecule has 0 spiro atoms. The van der Waals surface area contributed by atoms with Gasteiger partial charge in [0.1, 0.15) is 5.75 Å². The molecule has 0 bridgehead atoms. The quantitative estimate of drug-likeness (QED) is 0.823. The molecule has 0 atom stereocenters. The Labute approximate surface area is 112 Å². The number of carbonyl (C=O) groups is 2. The van der Waals surface area contributed by atoms with Crippen molar-refractivity contribution in [3.05, 3.63) is 29.3 Å². The topological polar surface area (TPSA) is 64.6 Å². The van der Waals surface area contributed by atoms with Gasteiger partial charge in [-0.2, -0.15) is 0 Å². The summed E-state index contributed by atoms with van der Waals surface area (Å²) in [6, 6.07) is 5.02. The summed E-state index contributed by atoms with van der Waals surface area (Å²) in [6.45, 7) is 5.27. The zero-order chi connectivity index (χ0) is 14.4.